The molecule has 0 saturated heterocycles. The molecule has 0 fully saturated rings. The normalized spacial score (nSPS) is 11.6. The molecule has 0 aliphatic heterocycles. The van der Waals surface area contributed by atoms with Crippen molar-refractivity contribution in [1.29, 1.82) is 0 Å². The van der Waals surface area contributed by atoms with E-state index in [2.05, 4.69) is 10.3 Å². The van der Waals surface area contributed by atoms with E-state index in [-0.39, 0.29) is 24.4 Å². The smallest absolute Gasteiger partial charge is 0.416 e. The molecular formula is C18H15F3N2O2. The van der Waals surface area contributed by atoms with Gasteiger partial charge < -0.3 is 14.8 Å². The predicted molar refractivity (Wildman–Crippen MR) is 85.6 cm³/mol. The third kappa shape index (κ3) is 4.19. The highest BCUT2D eigenvalue weighted by atomic mass is 19.4. The highest BCUT2D eigenvalue weighted by Gasteiger charge is 2.32. The molecule has 0 bridgehead atoms. The Morgan fingerprint density at radius 2 is 1.72 bits per heavy atom. The molecule has 0 spiro atoms. The molecule has 0 unspecified atom stereocenters. The van der Waals surface area contributed by atoms with Crippen LogP contribution in [0, 0.1) is 0 Å². The number of benzene rings is 2. The summed E-state index contributed by atoms with van der Waals surface area (Å²) in [4.78, 5) is 4.28. The molecule has 0 saturated carbocycles. The summed E-state index contributed by atoms with van der Waals surface area (Å²) in [7, 11) is 0. The highest BCUT2D eigenvalue weighted by molar-refractivity contribution is 5.54. The number of hydrogen-bond acceptors (Lipinski definition) is 4. The Morgan fingerprint density at radius 1 is 1.00 bits per heavy atom. The third-order valence-electron chi connectivity index (χ3n) is 3.61. The number of oxazole rings is 1. The van der Waals surface area contributed by atoms with Gasteiger partial charge in [-0.25, -0.2) is 4.98 Å². The summed E-state index contributed by atoms with van der Waals surface area (Å²) in [6.45, 7) is 0.338. The Labute approximate surface area is 141 Å². The van der Waals surface area contributed by atoms with Crippen LogP contribution in [0.25, 0.3) is 11.5 Å². The van der Waals surface area contributed by atoms with Crippen molar-refractivity contribution in [1.82, 2.24) is 10.3 Å². The Bertz CT molecular complexity index is 842. The van der Waals surface area contributed by atoms with Crippen LogP contribution >= 0.6 is 0 Å². The molecule has 0 aliphatic rings. The van der Waals surface area contributed by atoms with E-state index in [1.54, 1.807) is 18.2 Å². The SMILES string of the molecule is Oc1ccc(-c2nc(CNCc3ccccc3C(F)(F)F)co2)cc1. The fourth-order valence-corrected chi connectivity index (χ4v) is 2.40. The second-order valence-electron chi connectivity index (χ2n) is 5.45. The van der Waals surface area contributed by atoms with Gasteiger partial charge in [0.1, 0.15) is 12.0 Å². The van der Waals surface area contributed by atoms with Gasteiger partial charge in [-0.3, -0.25) is 0 Å². The predicted octanol–water partition coefficient (Wildman–Crippen LogP) is 4.36. The van der Waals surface area contributed by atoms with Crippen LogP contribution in [-0.2, 0) is 19.3 Å². The zero-order valence-corrected chi connectivity index (χ0v) is 13.0. The highest BCUT2D eigenvalue weighted by Crippen LogP contribution is 2.31. The molecule has 0 aliphatic carbocycles. The molecule has 25 heavy (non-hydrogen) atoms. The molecule has 7 heteroatoms. The first kappa shape index (κ1) is 17.0. The zero-order valence-electron chi connectivity index (χ0n) is 13.0. The number of aromatic nitrogens is 1. The lowest BCUT2D eigenvalue weighted by Crippen LogP contribution is -2.17. The Kier molecular flexibility index (Phi) is 4.76. The monoisotopic (exact) mass is 348 g/mol. The number of alkyl halides is 3. The summed E-state index contributed by atoms with van der Waals surface area (Å²) >= 11 is 0. The van der Waals surface area contributed by atoms with Crippen molar-refractivity contribution >= 4 is 0 Å². The van der Waals surface area contributed by atoms with E-state index in [1.165, 1.54) is 30.5 Å². The van der Waals surface area contributed by atoms with Gasteiger partial charge in [-0.15, -0.1) is 0 Å². The van der Waals surface area contributed by atoms with Gasteiger partial charge in [-0.1, -0.05) is 18.2 Å². The van der Waals surface area contributed by atoms with Crippen molar-refractivity contribution < 1.29 is 22.7 Å². The molecule has 130 valence electrons. The number of nitrogens with one attached hydrogen (secondary N) is 1. The van der Waals surface area contributed by atoms with Crippen molar-refractivity contribution in [2.24, 2.45) is 0 Å². The first-order chi connectivity index (χ1) is 11.9. The molecule has 2 N–H and O–H groups in total. The van der Waals surface area contributed by atoms with E-state index in [4.69, 9.17) is 4.42 Å². The number of hydrogen-bond donors (Lipinski definition) is 2. The van der Waals surface area contributed by atoms with Crippen LogP contribution in [0.2, 0.25) is 0 Å². The molecule has 0 amide bonds. The van der Waals surface area contributed by atoms with Crippen molar-refractivity contribution in [2.45, 2.75) is 19.3 Å². The Balaban J connectivity index is 1.63. The molecule has 0 atom stereocenters. The van der Waals surface area contributed by atoms with Crippen LogP contribution in [0.4, 0.5) is 13.2 Å². The maximum Gasteiger partial charge on any atom is 0.416 e. The molecule has 1 aromatic heterocycles. The van der Waals surface area contributed by atoms with Gasteiger partial charge in [-0.05, 0) is 35.9 Å². The van der Waals surface area contributed by atoms with E-state index in [0.717, 1.165) is 6.07 Å². The Morgan fingerprint density at radius 3 is 2.44 bits per heavy atom. The zero-order chi connectivity index (χ0) is 17.9. The topological polar surface area (TPSA) is 58.3 Å². The molecule has 3 rings (SSSR count). The molecule has 3 aromatic rings. The van der Waals surface area contributed by atoms with Crippen LogP contribution in [0.5, 0.6) is 5.75 Å². The van der Waals surface area contributed by atoms with Gasteiger partial charge in [-0.2, -0.15) is 13.2 Å². The maximum absolute atomic E-state index is 12.9. The number of aromatic hydroxyl groups is 1. The van der Waals surface area contributed by atoms with Gasteiger partial charge in [0.25, 0.3) is 0 Å². The van der Waals surface area contributed by atoms with Crippen LogP contribution in [0.1, 0.15) is 16.8 Å². The van der Waals surface area contributed by atoms with E-state index in [9.17, 15) is 18.3 Å². The minimum absolute atomic E-state index is 0.0666. The summed E-state index contributed by atoms with van der Waals surface area (Å²) in [5.74, 6) is 0.521. The quantitative estimate of drug-likeness (QED) is 0.719. The lowest BCUT2D eigenvalue weighted by Gasteiger charge is -2.12. The van der Waals surface area contributed by atoms with E-state index < -0.39 is 11.7 Å². The third-order valence-corrected chi connectivity index (χ3v) is 3.61. The molecular weight excluding hydrogens is 333 g/mol. The van der Waals surface area contributed by atoms with Crippen LogP contribution < -0.4 is 5.32 Å². The lowest BCUT2D eigenvalue weighted by molar-refractivity contribution is -0.138. The summed E-state index contributed by atoms with van der Waals surface area (Å²) in [6, 6.07) is 11.8. The van der Waals surface area contributed by atoms with Gasteiger partial charge in [0, 0.05) is 18.7 Å². The van der Waals surface area contributed by atoms with E-state index in [1.807, 2.05) is 0 Å². The number of phenolic OH excluding ortho intramolecular Hbond substituents is 1. The Hall–Kier alpha value is -2.80. The summed E-state index contributed by atoms with van der Waals surface area (Å²) < 4.78 is 44.2. The van der Waals surface area contributed by atoms with Crippen molar-refractivity contribution in [3.63, 3.8) is 0 Å². The lowest BCUT2D eigenvalue weighted by atomic mass is 10.1. The van der Waals surface area contributed by atoms with Crippen LogP contribution in [-0.4, -0.2) is 10.1 Å². The van der Waals surface area contributed by atoms with E-state index in [0.29, 0.717) is 17.1 Å². The fourth-order valence-electron chi connectivity index (χ4n) is 2.40. The summed E-state index contributed by atoms with van der Waals surface area (Å²) in [5, 5.41) is 12.2. The van der Waals surface area contributed by atoms with Gasteiger partial charge in [0.05, 0.1) is 11.3 Å². The van der Waals surface area contributed by atoms with Crippen molar-refractivity contribution in [3.8, 4) is 17.2 Å². The molecule has 4 nitrogen and oxygen atoms in total. The van der Waals surface area contributed by atoms with Crippen molar-refractivity contribution in [3.05, 3.63) is 71.6 Å². The average molecular weight is 348 g/mol. The van der Waals surface area contributed by atoms with Crippen molar-refractivity contribution in [2.75, 3.05) is 0 Å². The first-order valence-corrected chi connectivity index (χ1v) is 7.53. The standard InChI is InChI=1S/C18H15F3N2O2/c19-18(20,21)16-4-2-1-3-13(16)9-22-10-14-11-25-17(23-14)12-5-7-15(24)8-6-12/h1-8,11,22,24H,9-10H2. The minimum Gasteiger partial charge on any atom is -0.508 e. The molecule has 0 radical (unpaired) electrons. The average Bonchev–Trinajstić information content (AvgIpc) is 3.04. The number of nitrogens with zero attached hydrogens (tertiary/aromatic N) is 1. The minimum atomic E-state index is -4.38. The number of rotatable bonds is 5. The first-order valence-electron chi connectivity index (χ1n) is 7.53. The van der Waals surface area contributed by atoms with Crippen LogP contribution in [0.15, 0.2) is 59.2 Å². The summed E-state index contributed by atoms with van der Waals surface area (Å²) in [5.41, 5.74) is 0.809. The van der Waals surface area contributed by atoms with Gasteiger partial charge in [0.15, 0.2) is 0 Å². The summed E-state index contributed by atoms with van der Waals surface area (Å²) in [6.07, 6.45) is -2.93. The molecule has 2 aromatic carbocycles. The van der Waals surface area contributed by atoms with E-state index >= 15 is 0 Å². The number of halogens is 3. The molecule has 1 heterocycles. The van der Waals surface area contributed by atoms with Crippen LogP contribution in [0.3, 0.4) is 0 Å². The van der Waals surface area contributed by atoms with Gasteiger partial charge >= 0.3 is 6.18 Å². The number of phenols is 1. The van der Waals surface area contributed by atoms with Gasteiger partial charge in [0.2, 0.25) is 5.89 Å². The second-order valence-corrected chi connectivity index (χ2v) is 5.45. The maximum atomic E-state index is 12.9. The largest absolute Gasteiger partial charge is 0.508 e. The second kappa shape index (κ2) is 6.98. The fraction of sp³-hybridized carbons (Fsp3) is 0.167.